The Morgan fingerprint density at radius 3 is 2.35 bits per heavy atom. The molecular weight excluding hydrogens is 624 g/mol. The number of hydrogen-bond donors (Lipinski definition) is 3. The fraction of sp³-hybridized carbons (Fsp3) is 0.923. The molecule has 10 heteroatoms. The van der Waals surface area contributed by atoms with Crippen LogP contribution in [0.25, 0.3) is 0 Å². The topological polar surface area (TPSA) is 135 Å². The molecule has 0 radical (unpaired) electrons. The number of hydrogen-bond acceptors (Lipinski definition) is 7. The summed E-state index contributed by atoms with van der Waals surface area (Å²) in [4.78, 5) is 38.3. The van der Waals surface area contributed by atoms with Crippen molar-refractivity contribution in [3.05, 3.63) is 0 Å². The van der Waals surface area contributed by atoms with Crippen molar-refractivity contribution >= 4 is 18.2 Å². The van der Waals surface area contributed by atoms with E-state index in [2.05, 4.69) is 53.8 Å². The molecule has 49 heavy (non-hydrogen) atoms. The molecule has 2 spiro atoms. The van der Waals surface area contributed by atoms with Gasteiger partial charge in [-0.3, -0.25) is 4.79 Å². The van der Waals surface area contributed by atoms with Crippen LogP contribution in [0.5, 0.6) is 0 Å². The zero-order chi connectivity index (χ0) is 35.3. The SMILES string of the molecule is CC(C)[C@@H](OC(=O)N1CCC1)[C@H]1C[C@@H](C)[C@H]2[C@H](O1)[C@H](O)[C@@]1(C)[C@@H]3CC[C@H]4C(C)(C)[C@@H](OC(=O)NCCCC(=O)O)CC[C@@]45C[C@@]35CC[C@]21C. The molecule has 2 aliphatic heterocycles. The van der Waals surface area contributed by atoms with Gasteiger partial charge in [0.1, 0.15) is 12.2 Å². The van der Waals surface area contributed by atoms with Crippen molar-refractivity contribution in [1.29, 1.82) is 0 Å². The Morgan fingerprint density at radius 1 is 1.00 bits per heavy atom. The third-order valence-corrected chi connectivity index (χ3v) is 16.2. The first-order valence-electron chi connectivity index (χ1n) is 19.5. The number of amides is 2. The second kappa shape index (κ2) is 12.0. The van der Waals surface area contributed by atoms with E-state index in [0.29, 0.717) is 30.7 Å². The Balaban J connectivity index is 1.08. The number of alkyl carbamates (subject to hydrolysis) is 1. The van der Waals surface area contributed by atoms with Crippen LogP contribution in [0.3, 0.4) is 0 Å². The van der Waals surface area contributed by atoms with E-state index in [1.165, 1.54) is 12.8 Å². The molecule has 5 saturated carbocycles. The molecule has 10 nitrogen and oxygen atoms in total. The number of carbonyl (C=O) groups is 3. The van der Waals surface area contributed by atoms with Crippen LogP contribution < -0.4 is 5.32 Å². The minimum absolute atomic E-state index is 0.0234. The first-order chi connectivity index (χ1) is 23.0. The van der Waals surface area contributed by atoms with Gasteiger partial charge in [-0.2, -0.15) is 0 Å². The van der Waals surface area contributed by atoms with E-state index in [-0.39, 0.29) is 75.8 Å². The Morgan fingerprint density at radius 2 is 1.69 bits per heavy atom. The quantitative estimate of drug-likeness (QED) is 0.243. The first-order valence-corrected chi connectivity index (χ1v) is 19.5. The lowest BCUT2D eigenvalue weighted by Crippen LogP contribution is -2.60. The van der Waals surface area contributed by atoms with Gasteiger partial charge in [0.2, 0.25) is 0 Å². The van der Waals surface area contributed by atoms with Crippen LogP contribution in [0.1, 0.15) is 119 Å². The summed E-state index contributed by atoms with van der Waals surface area (Å²) in [5.41, 5.74) is -0.121. The molecule has 2 heterocycles. The zero-order valence-corrected chi connectivity index (χ0v) is 31.0. The number of carbonyl (C=O) groups excluding carboxylic acids is 2. The zero-order valence-electron chi connectivity index (χ0n) is 31.0. The van der Waals surface area contributed by atoms with Crippen molar-refractivity contribution < 1.29 is 38.8 Å². The lowest BCUT2D eigenvalue weighted by atomic mass is 9.41. The highest BCUT2D eigenvalue weighted by atomic mass is 16.6. The maximum Gasteiger partial charge on any atom is 0.410 e. The molecule has 0 bridgehead atoms. The van der Waals surface area contributed by atoms with Crippen molar-refractivity contribution in [2.75, 3.05) is 19.6 Å². The fourth-order valence-electron chi connectivity index (χ4n) is 13.7. The van der Waals surface area contributed by atoms with Crippen LogP contribution in [-0.2, 0) is 19.0 Å². The van der Waals surface area contributed by atoms with Crippen LogP contribution in [0, 0.1) is 56.7 Å². The molecule has 13 atom stereocenters. The monoisotopic (exact) mass is 686 g/mol. The predicted molar refractivity (Wildman–Crippen MR) is 183 cm³/mol. The number of nitrogens with zero attached hydrogens (tertiary/aromatic N) is 1. The number of aliphatic hydroxyl groups is 1. The number of rotatable bonds is 8. The Labute approximate surface area is 292 Å². The van der Waals surface area contributed by atoms with Gasteiger partial charge >= 0.3 is 18.2 Å². The van der Waals surface area contributed by atoms with E-state index in [0.717, 1.165) is 58.0 Å². The van der Waals surface area contributed by atoms with Crippen LogP contribution in [0.4, 0.5) is 9.59 Å². The van der Waals surface area contributed by atoms with Crippen molar-refractivity contribution in [2.24, 2.45) is 56.7 Å². The van der Waals surface area contributed by atoms with Crippen LogP contribution in [0.15, 0.2) is 0 Å². The average molecular weight is 687 g/mol. The van der Waals surface area contributed by atoms with Crippen molar-refractivity contribution in [3.63, 3.8) is 0 Å². The summed E-state index contributed by atoms with van der Waals surface area (Å²) in [6.45, 7) is 17.8. The largest absolute Gasteiger partial charge is 0.481 e. The highest BCUT2D eigenvalue weighted by Gasteiger charge is 2.84. The summed E-state index contributed by atoms with van der Waals surface area (Å²) < 4.78 is 19.2. The van der Waals surface area contributed by atoms with Gasteiger partial charge < -0.3 is 34.6 Å². The van der Waals surface area contributed by atoms with Gasteiger partial charge in [-0.05, 0) is 110 Å². The maximum absolute atomic E-state index is 12.9. The van der Waals surface area contributed by atoms with Crippen molar-refractivity contribution in [2.45, 2.75) is 150 Å². The van der Waals surface area contributed by atoms with Crippen molar-refractivity contribution in [3.8, 4) is 0 Å². The van der Waals surface area contributed by atoms with Crippen LogP contribution in [0.2, 0.25) is 0 Å². The first kappa shape index (κ1) is 35.3. The number of aliphatic carboxylic acids is 1. The normalized spacial score (nSPS) is 46.5. The Bertz CT molecular complexity index is 1330. The molecule has 2 saturated heterocycles. The number of ether oxygens (including phenoxy) is 3. The van der Waals surface area contributed by atoms with Gasteiger partial charge in [-0.25, -0.2) is 9.59 Å². The van der Waals surface area contributed by atoms with Gasteiger partial charge in [0, 0.05) is 36.9 Å². The molecule has 276 valence electrons. The molecule has 7 aliphatic rings. The van der Waals surface area contributed by atoms with Crippen LogP contribution >= 0.6 is 0 Å². The third kappa shape index (κ3) is 5.02. The molecule has 0 unspecified atom stereocenters. The second-order valence-electron chi connectivity index (χ2n) is 18.8. The number of carboxylic acid groups (broad SMARTS) is 1. The van der Waals surface area contributed by atoms with Crippen LogP contribution in [-0.4, -0.2) is 83.4 Å². The highest BCUT2D eigenvalue weighted by molar-refractivity contribution is 5.69. The summed E-state index contributed by atoms with van der Waals surface area (Å²) in [6.07, 6.45) is 7.43. The smallest absolute Gasteiger partial charge is 0.410 e. The minimum Gasteiger partial charge on any atom is -0.481 e. The molecule has 3 N–H and O–H groups in total. The van der Waals surface area contributed by atoms with Gasteiger partial charge in [0.25, 0.3) is 0 Å². The molecule has 7 rings (SSSR count). The molecular formula is C39H62N2O8. The molecule has 7 fully saturated rings. The average Bonchev–Trinajstić information content (AvgIpc) is 3.63. The fourth-order valence-corrected chi connectivity index (χ4v) is 13.7. The highest BCUT2D eigenvalue weighted by Crippen LogP contribution is 2.89. The lowest BCUT2D eigenvalue weighted by molar-refractivity contribution is -0.185. The number of likely N-dealkylation sites (tertiary alicyclic amines) is 1. The van der Waals surface area contributed by atoms with Gasteiger partial charge in [-0.1, -0.05) is 48.5 Å². The number of aliphatic hydroxyl groups excluding tert-OH is 1. The Hall–Kier alpha value is -2.07. The van der Waals surface area contributed by atoms with Gasteiger partial charge in [0.05, 0.1) is 18.3 Å². The summed E-state index contributed by atoms with van der Waals surface area (Å²) in [5.74, 6) is 0.685. The maximum atomic E-state index is 12.9. The molecule has 0 aromatic carbocycles. The number of fused-ring (bicyclic) bond motifs is 4. The second-order valence-corrected chi connectivity index (χ2v) is 18.8. The Kier molecular flexibility index (Phi) is 8.65. The predicted octanol–water partition coefficient (Wildman–Crippen LogP) is 6.63. The molecule has 0 aromatic rings. The lowest BCUT2D eigenvalue weighted by Gasteiger charge is -2.63. The summed E-state index contributed by atoms with van der Waals surface area (Å²) in [5, 5.41) is 24.3. The van der Waals surface area contributed by atoms with E-state index < -0.39 is 18.2 Å². The van der Waals surface area contributed by atoms with E-state index in [1.807, 2.05) is 0 Å². The number of nitrogens with one attached hydrogen (secondary N) is 1. The summed E-state index contributed by atoms with van der Waals surface area (Å²) in [6, 6.07) is 0. The van der Waals surface area contributed by atoms with Gasteiger partial charge in [0.15, 0.2) is 0 Å². The minimum atomic E-state index is -0.866. The molecule has 5 aliphatic carbocycles. The van der Waals surface area contributed by atoms with E-state index in [1.54, 1.807) is 4.90 Å². The number of carboxylic acids is 1. The summed E-state index contributed by atoms with van der Waals surface area (Å²) in [7, 11) is 0. The van der Waals surface area contributed by atoms with E-state index in [4.69, 9.17) is 19.3 Å². The third-order valence-electron chi connectivity index (χ3n) is 16.2. The molecule has 2 amide bonds. The van der Waals surface area contributed by atoms with Gasteiger partial charge in [-0.15, -0.1) is 0 Å². The standard InChI is InChI=1S/C39H62N2O8/c1-22(2)30(49-34(46)41-18-9-19-41)24-20-23(3)29-31(47-24)32(44)37(7)26-12-11-25-35(4,5)27(48-33(45)40-17-8-10-28(42)43)13-14-38(25)21-39(26,38)16-15-36(29,37)6/h22-27,29-32,44H,8-21H2,1-7H3,(H,40,45)(H,42,43)/t23-,24-,25+,26+,27+,29+,30-,31+,32+,36-,37-,38-,39+/m1/s1. The summed E-state index contributed by atoms with van der Waals surface area (Å²) >= 11 is 0. The van der Waals surface area contributed by atoms with E-state index >= 15 is 0 Å². The molecule has 0 aromatic heterocycles. The van der Waals surface area contributed by atoms with Crippen molar-refractivity contribution in [1.82, 2.24) is 10.2 Å². The van der Waals surface area contributed by atoms with E-state index in [9.17, 15) is 19.5 Å².